The van der Waals surface area contributed by atoms with E-state index in [1.54, 1.807) is 24.1 Å². The molecule has 17 heavy (non-hydrogen) atoms. The zero-order valence-corrected chi connectivity index (χ0v) is 12.1. The van der Waals surface area contributed by atoms with Gasteiger partial charge in [0.05, 0.1) is 23.2 Å². The molecule has 1 aliphatic rings. The molecule has 0 saturated carbocycles. The summed E-state index contributed by atoms with van der Waals surface area (Å²) >= 11 is 15.3. The highest BCUT2D eigenvalue weighted by Crippen LogP contribution is 2.38. The van der Waals surface area contributed by atoms with Gasteiger partial charge in [0.2, 0.25) is 5.91 Å². The van der Waals surface area contributed by atoms with Crippen LogP contribution in [0.5, 0.6) is 5.75 Å². The third-order valence-corrected chi connectivity index (χ3v) is 4.08. The molecule has 0 spiro atoms. The maximum atomic E-state index is 11.8. The smallest absolute Gasteiger partial charge is 0.228 e. The number of methoxy groups -OCH3 is 1. The van der Waals surface area contributed by atoms with Crippen molar-refractivity contribution in [3.63, 3.8) is 0 Å². The predicted molar refractivity (Wildman–Crippen MR) is 72.3 cm³/mol. The van der Waals surface area contributed by atoms with Crippen LogP contribution in [0.2, 0.25) is 5.02 Å². The number of halogens is 3. The second kappa shape index (κ2) is 5.04. The van der Waals surface area contributed by atoms with Crippen LogP contribution in [0.15, 0.2) is 16.6 Å². The van der Waals surface area contributed by atoms with Gasteiger partial charge in [0.1, 0.15) is 5.75 Å². The number of ether oxygens (including phenoxy) is 1. The van der Waals surface area contributed by atoms with E-state index >= 15 is 0 Å². The molecule has 0 N–H and O–H groups in total. The Morgan fingerprint density at radius 1 is 1.53 bits per heavy atom. The van der Waals surface area contributed by atoms with E-state index in [-0.39, 0.29) is 11.3 Å². The number of carbonyl (C=O) groups is 1. The number of hydrogen-bond acceptors (Lipinski definition) is 2. The molecule has 1 aliphatic heterocycles. The third-order valence-electron chi connectivity index (χ3n) is 2.59. The second-order valence-electron chi connectivity index (χ2n) is 3.74. The van der Waals surface area contributed by atoms with Gasteiger partial charge in [-0.25, -0.2) is 0 Å². The highest BCUT2D eigenvalue weighted by Gasteiger charge is 2.31. The summed E-state index contributed by atoms with van der Waals surface area (Å²) in [5.41, 5.74) is 0.661. The first-order chi connectivity index (χ1) is 8.02. The van der Waals surface area contributed by atoms with Crippen molar-refractivity contribution in [2.45, 2.75) is 11.8 Å². The number of rotatable bonds is 2. The molecule has 1 amide bonds. The van der Waals surface area contributed by atoms with E-state index in [2.05, 4.69) is 15.9 Å². The fraction of sp³-hybridized carbons (Fsp3) is 0.364. The molecule has 92 valence electrons. The van der Waals surface area contributed by atoms with Crippen LogP contribution in [0, 0.1) is 0 Å². The summed E-state index contributed by atoms with van der Waals surface area (Å²) in [6.07, 6.45) is 0.346. The van der Waals surface area contributed by atoms with Gasteiger partial charge < -0.3 is 9.64 Å². The molecule has 1 heterocycles. The van der Waals surface area contributed by atoms with Crippen molar-refractivity contribution in [2.24, 2.45) is 0 Å². The maximum absolute atomic E-state index is 11.8. The number of anilines is 1. The predicted octanol–water partition coefficient (Wildman–Crippen LogP) is 3.46. The van der Waals surface area contributed by atoms with E-state index in [1.807, 2.05) is 0 Å². The largest absolute Gasteiger partial charge is 0.495 e. The van der Waals surface area contributed by atoms with Gasteiger partial charge in [0.25, 0.3) is 0 Å². The van der Waals surface area contributed by atoms with E-state index in [0.29, 0.717) is 29.4 Å². The molecule has 0 bridgehead atoms. The Kier molecular flexibility index (Phi) is 3.85. The van der Waals surface area contributed by atoms with Gasteiger partial charge in [-0.2, -0.15) is 0 Å². The molecule has 1 aromatic rings. The SMILES string of the molecule is COc1cc(Br)c(Cl)cc1N1CC(Cl)CC1=O. The Bertz CT molecular complexity index is 467. The van der Waals surface area contributed by atoms with Crippen LogP contribution in [-0.4, -0.2) is 24.9 Å². The number of alkyl halides is 1. The summed E-state index contributed by atoms with van der Waals surface area (Å²) in [5.74, 6) is 0.585. The van der Waals surface area contributed by atoms with Crippen LogP contribution in [0.25, 0.3) is 0 Å². The zero-order chi connectivity index (χ0) is 12.6. The molecule has 3 nitrogen and oxygen atoms in total. The normalized spacial score (nSPS) is 19.9. The van der Waals surface area contributed by atoms with Gasteiger partial charge in [-0.1, -0.05) is 11.6 Å². The summed E-state index contributed by atoms with van der Waals surface area (Å²) in [5, 5.41) is 0.376. The van der Waals surface area contributed by atoms with Crippen LogP contribution in [0.3, 0.4) is 0 Å². The lowest BCUT2D eigenvalue weighted by molar-refractivity contribution is -0.117. The summed E-state index contributed by atoms with van der Waals surface area (Å²) in [6, 6.07) is 3.45. The molecule has 2 rings (SSSR count). The first-order valence-corrected chi connectivity index (χ1v) is 6.61. The van der Waals surface area contributed by atoms with Gasteiger partial charge in [-0.3, -0.25) is 4.79 Å². The van der Waals surface area contributed by atoms with E-state index < -0.39 is 0 Å². The third kappa shape index (κ3) is 2.54. The average molecular weight is 339 g/mol. The molecule has 1 fully saturated rings. The molecule has 1 unspecified atom stereocenters. The van der Waals surface area contributed by atoms with E-state index in [1.165, 1.54) is 0 Å². The molecule has 0 aromatic heterocycles. The standard InChI is InChI=1S/C11H10BrCl2NO2/c1-17-10-3-7(12)8(14)4-9(10)15-5-6(13)2-11(15)16/h3-4,6H,2,5H2,1H3. The lowest BCUT2D eigenvalue weighted by atomic mass is 10.2. The number of amides is 1. The van der Waals surface area contributed by atoms with Crippen LogP contribution >= 0.6 is 39.1 Å². The van der Waals surface area contributed by atoms with Crippen molar-refractivity contribution < 1.29 is 9.53 Å². The molecule has 6 heteroatoms. The van der Waals surface area contributed by atoms with Gasteiger partial charge in [-0.15, -0.1) is 11.6 Å². The Balaban J connectivity index is 2.44. The Labute approximate surface area is 118 Å². The summed E-state index contributed by atoms with van der Waals surface area (Å²) in [7, 11) is 1.55. The minimum Gasteiger partial charge on any atom is -0.495 e. The Morgan fingerprint density at radius 3 is 2.76 bits per heavy atom. The Hall–Kier alpha value is -0.450. The maximum Gasteiger partial charge on any atom is 0.228 e. The van der Waals surface area contributed by atoms with E-state index in [4.69, 9.17) is 27.9 Å². The second-order valence-corrected chi connectivity index (χ2v) is 5.62. The fourth-order valence-electron chi connectivity index (χ4n) is 1.79. The number of hydrogen-bond donors (Lipinski definition) is 0. The minimum atomic E-state index is -0.158. The number of nitrogens with zero attached hydrogens (tertiary/aromatic N) is 1. The topological polar surface area (TPSA) is 29.5 Å². The van der Waals surface area contributed by atoms with Crippen molar-refractivity contribution in [1.29, 1.82) is 0 Å². The quantitative estimate of drug-likeness (QED) is 0.773. The van der Waals surface area contributed by atoms with E-state index in [0.717, 1.165) is 4.47 Å². The Morgan fingerprint density at radius 2 is 2.24 bits per heavy atom. The zero-order valence-electron chi connectivity index (χ0n) is 9.04. The lowest BCUT2D eigenvalue weighted by Crippen LogP contribution is -2.25. The molecule has 0 radical (unpaired) electrons. The monoisotopic (exact) mass is 337 g/mol. The van der Waals surface area contributed by atoms with E-state index in [9.17, 15) is 4.79 Å². The molecular formula is C11H10BrCl2NO2. The van der Waals surface area contributed by atoms with Crippen molar-refractivity contribution in [3.8, 4) is 5.75 Å². The minimum absolute atomic E-state index is 0.0123. The van der Waals surface area contributed by atoms with Crippen LogP contribution in [0.1, 0.15) is 6.42 Å². The first kappa shape index (κ1) is 13.0. The first-order valence-electron chi connectivity index (χ1n) is 5.00. The van der Waals surface area contributed by atoms with Gasteiger partial charge in [0.15, 0.2) is 0 Å². The highest BCUT2D eigenvalue weighted by atomic mass is 79.9. The molecule has 1 saturated heterocycles. The molecule has 1 atom stereocenters. The summed E-state index contributed by atoms with van der Waals surface area (Å²) in [4.78, 5) is 13.4. The lowest BCUT2D eigenvalue weighted by Gasteiger charge is -2.19. The summed E-state index contributed by atoms with van der Waals surface area (Å²) < 4.78 is 5.98. The molecular weight excluding hydrogens is 329 g/mol. The number of benzene rings is 1. The fourth-order valence-corrected chi connectivity index (χ4v) is 2.54. The van der Waals surface area contributed by atoms with Crippen molar-refractivity contribution >= 4 is 50.7 Å². The molecule has 1 aromatic carbocycles. The highest BCUT2D eigenvalue weighted by molar-refractivity contribution is 9.10. The summed E-state index contributed by atoms with van der Waals surface area (Å²) in [6.45, 7) is 0.481. The molecule has 0 aliphatic carbocycles. The van der Waals surface area contributed by atoms with Crippen molar-refractivity contribution in [1.82, 2.24) is 0 Å². The van der Waals surface area contributed by atoms with Gasteiger partial charge in [-0.05, 0) is 28.1 Å². The number of carbonyl (C=O) groups excluding carboxylic acids is 1. The van der Waals surface area contributed by atoms with Crippen LogP contribution < -0.4 is 9.64 Å². The van der Waals surface area contributed by atoms with Crippen LogP contribution in [0.4, 0.5) is 5.69 Å². The van der Waals surface area contributed by atoms with Crippen molar-refractivity contribution in [2.75, 3.05) is 18.6 Å². The van der Waals surface area contributed by atoms with Crippen LogP contribution in [-0.2, 0) is 4.79 Å². The van der Waals surface area contributed by atoms with Crippen molar-refractivity contribution in [3.05, 3.63) is 21.6 Å². The average Bonchev–Trinajstić information content (AvgIpc) is 2.61. The van der Waals surface area contributed by atoms with Gasteiger partial charge >= 0.3 is 0 Å². The van der Waals surface area contributed by atoms with Gasteiger partial charge in [0, 0.05) is 17.4 Å².